The van der Waals surface area contributed by atoms with Gasteiger partial charge in [0.1, 0.15) is 5.82 Å². The summed E-state index contributed by atoms with van der Waals surface area (Å²) in [5, 5.41) is 18.9. The lowest BCUT2D eigenvalue weighted by atomic mass is 10.0. The van der Waals surface area contributed by atoms with Crippen LogP contribution in [0.4, 0.5) is 17.6 Å². The second-order valence-corrected chi connectivity index (χ2v) is 7.11. The Labute approximate surface area is 178 Å². The number of carboxylic acid groups (broad SMARTS) is 2. The predicted octanol–water partition coefficient (Wildman–Crippen LogP) is 3.91. The number of piperidine rings is 1. The lowest BCUT2D eigenvalue weighted by Gasteiger charge is -2.35. The van der Waals surface area contributed by atoms with Crippen LogP contribution in [0.15, 0.2) is 30.4 Å². The second-order valence-electron chi connectivity index (χ2n) is 7.11. The summed E-state index contributed by atoms with van der Waals surface area (Å²) in [7, 11) is 0. The highest BCUT2D eigenvalue weighted by molar-refractivity contribution is 5.89. The van der Waals surface area contributed by atoms with Gasteiger partial charge in [-0.25, -0.2) is 14.0 Å². The monoisotopic (exact) mass is 448 g/mol. The maximum atomic E-state index is 13.3. The average molecular weight is 448 g/mol. The molecule has 0 saturated carbocycles. The molecule has 2 rings (SSSR count). The Kier molecular flexibility index (Phi) is 11.2. The van der Waals surface area contributed by atoms with Crippen molar-refractivity contribution in [3.63, 3.8) is 0 Å². The first-order valence-corrected chi connectivity index (χ1v) is 9.99. The molecule has 1 aromatic carbocycles. The molecular formula is C21H28F4N2O4. The topological polar surface area (TPSA) is 89.9 Å². The summed E-state index contributed by atoms with van der Waals surface area (Å²) in [4.78, 5) is 21.2. The van der Waals surface area contributed by atoms with E-state index < -0.39 is 29.5 Å². The number of carboxylic acids is 2. The Hall–Kier alpha value is -2.46. The fraction of sp³-hybridized carbons (Fsp3) is 0.524. The molecule has 0 radical (unpaired) electrons. The van der Waals surface area contributed by atoms with Crippen LogP contribution in [-0.2, 0) is 22.3 Å². The summed E-state index contributed by atoms with van der Waals surface area (Å²) in [6.07, 6.45) is 0.411. The van der Waals surface area contributed by atoms with Crippen LogP contribution in [-0.4, -0.2) is 52.7 Å². The van der Waals surface area contributed by atoms with E-state index in [1.165, 1.54) is 6.07 Å². The molecule has 1 aromatic rings. The minimum atomic E-state index is -4.53. The molecule has 0 spiro atoms. The van der Waals surface area contributed by atoms with Gasteiger partial charge >= 0.3 is 18.1 Å². The summed E-state index contributed by atoms with van der Waals surface area (Å²) in [5.41, 5.74) is -0.693. The number of aliphatic carboxylic acids is 2. The Balaban J connectivity index is 0.000000512. The van der Waals surface area contributed by atoms with Crippen molar-refractivity contribution in [3.8, 4) is 0 Å². The highest BCUT2D eigenvalue weighted by atomic mass is 19.4. The highest BCUT2D eigenvalue weighted by Gasteiger charge is 2.34. The van der Waals surface area contributed by atoms with Gasteiger partial charge in [0.25, 0.3) is 0 Å². The molecule has 0 atom stereocenters. The molecule has 10 heteroatoms. The van der Waals surface area contributed by atoms with E-state index in [4.69, 9.17) is 10.2 Å². The van der Waals surface area contributed by atoms with Gasteiger partial charge in [0.15, 0.2) is 0 Å². The Bertz CT molecular complexity index is 731. The summed E-state index contributed by atoms with van der Waals surface area (Å²) in [5.74, 6) is -3.36. The second kappa shape index (κ2) is 13.1. The van der Waals surface area contributed by atoms with Crippen molar-refractivity contribution in [1.29, 1.82) is 0 Å². The number of benzene rings is 1. The number of nitrogens with one attached hydrogen (secondary N) is 1. The molecule has 31 heavy (non-hydrogen) atoms. The van der Waals surface area contributed by atoms with Gasteiger partial charge in [-0.05, 0) is 56.6 Å². The van der Waals surface area contributed by atoms with Crippen molar-refractivity contribution < 1.29 is 37.4 Å². The van der Waals surface area contributed by atoms with E-state index in [1.54, 1.807) is 0 Å². The molecule has 0 amide bonds. The number of hydrogen-bond acceptors (Lipinski definition) is 4. The molecule has 0 unspecified atom stereocenters. The van der Waals surface area contributed by atoms with Crippen molar-refractivity contribution >= 4 is 11.9 Å². The first kappa shape index (κ1) is 26.6. The van der Waals surface area contributed by atoms with Gasteiger partial charge in [0.05, 0.1) is 5.56 Å². The maximum Gasteiger partial charge on any atom is 0.416 e. The van der Waals surface area contributed by atoms with E-state index >= 15 is 0 Å². The summed E-state index contributed by atoms with van der Waals surface area (Å²) < 4.78 is 52.8. The molecule has 6 nitrogen and oxygen atoms in total. The number of nitrogens with zero attached hydrogens (tertiary/aromatic N) is 1. The standard InChI is InChI=1S/C17H24F4N2.C4H4O4/c1-2-3-10-23(15-6-8-22-9-7-15)12-13-4-5-14(18)11-16(13)17(19,20)21;5-3(6)1-2-4(7)8/h4-5,11,15,22H,2-3,6-10,12H2,1H3;1-2H,(H,5,6)(H,7,8)/b;2-1+. The zero-order chi connectivity index (χ0) is 23.4. The normalized spacial score (nSPS) is 15.0. The average Bonchev–Trinajstić information content (AvgIpc) is 2.71. The third kappa shape index (κ3) is 10.4. The van der Waals surface area contributed by atoms with Gasteiger partial charge in [-0.1, -0.05) is 19.4 Å². The van der Waals surface area contributed by atoms with Gasteiger partial charge in [0.2, 0.25) is 0 Å². The highest BCUT2D eigenvalue weighted by Crippen LogP contribution is 2.33. The minimum absolute atomic E-state index is 0.161. The minimum Gasteiger partial charge on any atom is -0.478 e. The van der Waals surface area contributed by atoms with Crippen LogP contribution in [0.1, 0.15) is 43.7 Å². The molecule has 1 fully saturated rings. The van der Waals surface area contributed by atoms with Gasteiger partial charge in [-0.15, -0.1) is 0 Å². The van der Waals surface area contributed by atoms with Gasteiger partial charge in [-0.3, -0.25) is 4.90 Å². The number of alkyl halides is 3. The van der Waals surface area contributed by atoms with E-state index in [-0.39, 0.29) is 18.2 Å². The molecule has 1 aliphatic heterocycles. The predicted molar refractivity (Wildman–Crippen MR) is 107 cm³/mol. The van der Waals surface area contributed by atoms with Crippen LogP contribution in [0.25, 0.3) is 0 Å². The van der Waals surface area contributed by atoms with Crippen molar-refractivity contribution in [1.82, 2.24) is 10.2 Å². The van der Waals surface area contributed by atoms with Crippen LogP contribution < -0.4 is 5.32 Å². The molecule has 0 aliphatic carbocycles. The molecule has 1 aliphatic rings. The molecule has 1 heterocycles. The molecule has 0 aromatic heterocycles. The third-order valence-electron chi connectivity index (χ3n) is 4.74. The fourth-order valence-corrected chi connectivity index (χ4v) is 3.24. The fourth-order valence-electron chi connectivity index (χ4n) is 3.24. The van der Waals surface area contributed by atoms with E-state index in [1.807, 2.05) is 0 Å². The van der Waals surface area contributed by atoms with Crippen molar-refractivity contribution in [2.45, 2.75) is 51.4 Å². The van der Waals surface area contributed by atoms with Crippen LogP contribution >= 0.6 is 0 Å². The smallest absolute Gasteiger partial charge is 0.416 e. The van der Waals surface area contributed by atoms with Gasteiger partial charge < -0.3 is 15.5 Å². The van der Waals surface area contributed by atoms with Crippen molar-refractivity contribution in [2.75, 3.05) is 19.6 Å². The third-order valence-corrected chi connectivity index (χ3v) is 4.74. The molecular weight excluding hydrogens is 420 g/mol. The van der Waals surface area contributed by atoms with Crippen molar-refractivity contribution in [3.05, 3.63) is 47.3 Å². The Morgan fingerprint density at radius 3 is 2.23 bits per heavy atom. The van der Waals surface area contributed by atoms with Crippen LogP contribution in [0, 0.1) is 5.82 Å². The maximum absolute atomic E-state index is 13.3. The molecule has 1 saturated heterocycles. The van der Waals surface area contributed by atoms with Crippen molar-refractivity contribution in [2.24, 2.45) is 0 Å². The van der Waals surface area contributed by atoms with Gasteiger partial charge in [-0.2, -0.15) is 13.2 Å². The Morgan fingerprint density at radius 1 is 1.16 bits per heavy atom. The number of halogens is 4. The molecule has 174 valence electrons. The van der Waals surface area contributed by atoms with E-state index in [0.29, 0.717) is 18.2 Å². The zero-order valence-electron chi connectivity index (χ0n) is 17.3. The number of unbranched alkanes of at least 4 members (excludes halogenated alkanes) is 1. The summed E-state index contributed by atoms with van der Waals surface area (Å²) >= 11 is 0. The first-order chi connectivity index (χ1) is 14.5. The van der Waals surface area contributed by atoms with Crippen LogP contribution in [0.3, 0.4) is 0 Å². The lowest BCUT2D eigenvalue weighted by Crippen LogP contribution is -2.43. The number of carbonyl (C=O) groups is 2. The summed E-state index contributed by atoms with van der Waals surface area (Å²) in [6.45, 7) is 4.85. The molecule has 3 N–H and O–H groups in total. The summed E-state index contributed by atoms with van der Waals surface area (Å²) in [6, 6.07) is 3.28. The Morgan fingerprint density at radius 2 is 1.74 bits per heavy atom. The van der Waals surface area contributed by atoms with E-state index in [9.17, 15) is 27.2 Å². The zero-order valence-corrected chi connectivity index (χ0v) is 17.3. The number of rotatable bonds is 8. The van der Waals surface area contributed by atoms with Crippen LogP contribution in [0.5, 0.6) is 0 Å². The van der Waals surface area contributed by atoms with Gasteiger partial charge in [0, 0.05) is 24.7 Å². The van der Waals surface area contributed by atoms with Crippen LogP contribution in [0.2, 0.25) is 0 Å². The van der Waals surface area contributed by atoms with E-state index in [2.05, 4.69) is 17.1 Å². The largest absolute Gasteiger partial charge is 0.478 e. The SMILES string of the molecule is CCCCN(Cc1ccc(F)cc1C(F)(F)F)C1CCNCC1.O=C(O)/C=C/C(=O)O. The van der Waals surface area contributed by atoms with E-state index in [0.717, 1.165) is 51.4 Å². The lowest BCUT2D eigenvalue weighted by molar-refractivity contribution is -0.138. The number of hydrogen-bond donors (Lipinski definition) is 3. The first-order valence-electron chi connectivity index (χ1n) is 9.99. The molecule has 0 bridgehead atoms. The quantitative estimate of drug-likeness (QED) is 0.413.